The van der Waals surface area contributed by atoms with E-state index in [0.717, 1.165) is 18.6 Å². The molecule has 1 aliphatic heterocycles. The quantitative estimate of drug-likeness (QED) is 0.638. The number of carbonyl (C=O) groups is 1. The van der Waals surface area contributed by atoms with E-state index in [0.29, 0.717) is 13.1 Å². The van der Waals surface area contributed by atoms with Crippen molar-refractivity contribution >= 4 is 11.6 Å². The van der Waals surface area contributed by atoms with E-state index in [1.165, 1.54) is 4.90 Å². The van der Waals surface area contributed by atoms with Gasteiger partial charge >= 0.3 is 0 Å². The minimum atomic E-state index is -0.895. The number of nitrogens with zero attached hydrogens (tertiary/aromatic N) is 1. The fraction of sp³-hybridized carbons (Fsp3) is 0.417. The van der Waals surface area contributed by atoms with Crippen LogP contribution in [-0.4, -0.2) is 37.1 Å². The summed E-state index contributed by atoms with van der Waals surface area (Å²) < 4.78 is 32.2. The predicted molar refractivity (Wildman–Crippen MR) is 65.5 cm³/mol. The van der Waals surface area contributed by atoms with E-state index >= 15 is 0 Å². The fourth-order valence-electron chi connectivity index (χ4n) is 2.12. The van der Waals surface area contributed by atoms with Crippen LogP contribution in [0.15, 0.2) is 12.1 Å². The van der Waals surface area contributed by atoms with Gasteiger partial charge in [-0.3, -0.25) is 10.6 Å². The molecule has 1 saturated heterocycles. The van der Waals surface area contributed by atoms with Crippen molar-refractivity contribution in [3.05, 3.63) is 29.3 Å². The molecule has 7 heteroatoms. The molecule has 1 aromatic carbocycles. The average Bonchev–Trinajstić information content (AvgIpc) is 2.86. The molecule has 2 rings (SSSR count). The largest absolute Gasteiger partial charge is 0.380 e. The number of likely N-dealkylation sites (tertiary alicyclic amines) is 1. The number of hydrogen-bond acceptors (Lipinski definition) is 4. The Kier molecular flexibility index (Phi) is 3.96. The van der Waals surface area contributed by atoms with Gasteiger partial charge in [0.05, 0.1) is 6.10 Å². The number of carbonyl (C=O) groups excluding carboxylic acids is 1. The molecule has 1 heterocycles. The first-order valence-corrected chi connectivity index (χ1v) is 5.84. The molecule has 0 radical (unpaired) electrons. The summed E-state index contributed by atoms with van der Waals surface area (Å²) >= 11 is 0. The summed E-state index contributed by atoms with van der Waals surface area (Å²) in [6.07, 6.45) is 0.693. The van der Waals surface area contributed by atoms with E-state index in [4.69, 9.17) is 10.6 Å². The van der Waals surface area contributed by atoms with Gasteiger partial charge in [-0.15, -0.1) is 0 Å². The number of methoxy groups -OCH3 is 1. The first kappa shape index (κ1) is 13.7. The molecule has 1 unspecified atom stereocenters. The highest BCUT2D eigenvalue weighted by Crippen LogP contribution is 2.22. The molecule has 1 aromatic rings. The van der Waals surface area contributed by atoms with Crippen LogP contribution in [0, 0.1) is 11.6 Å². The Bertz CT molecular complexity index is 473. The van der Waals surface area contributed by atoms with Crippen molar-refractivity contribution in [2.45, 2.75) is 12.5 Å². The van der Waals surface area contributed by atoms with Gasteiger partial charge in [0.15, 0.2) is 11.6 Å². The molecular formula is C12H15F2N3O2. The number of nitrogen functional groups attached to an aromatic ring is 1. The van der Waals surface area contributed by atoms with E-state index in [1.807, 2.05) is 5.43 Å². The standard InChI is InChI=1S/C12H15F2N3O2/c1-19-8-2-3-17(6-8)12(18)7-4-9(13)11(16-15)10(14)5-7/h4-5,8,16H,2-3,6,15H2,1H3. The van der Waals surface area contributed by atoms with Crippen molar-refractivity contribution < 1.29 is 18.3 Å². The number of rotatable bonds is 3. The number of ether oxygens (including phenoxy) is 1. The lowest BCUT2D eigenvalue weighted by Gasteiger charge is -2.16. The Morgan fingerprint density at radius 1 is 1.47 bits per heavy atom. The minimum Gasteiger partial charge on any atom is -0.380 e. The molecule has 3 N–H and O–H groups in total. The summed E-state index contributed by atoms with van der Waals surface area (Å²) in [6, 6.07) is 1.95. The molecule has 1 atom stereocenters. The topological polar surface area (TPSA) is 67.6 Å². The zero-order valence-corrected chi connectivity index (χ0v) is 10.5. The lowest BCUT2D eigenvalue weighted by molar-refractivity contribution is 0.0723. The maximum atomic E-state index is 13.5. The third kappa shape index (κ3) is 2.66. The Balaban J connectivity index is 2.21. The van der Waals surface area contributed by atoms with Crippen molar-refractivity contribution in [2.24, 2.45) is 5.84 Å². The van der Waals surface area contributed by atoms with Crippen LogP contribution < -0.4 is 11.3 Å². The zero-order chi connectivity index (χ0) is 14.0. The highest BCUT2D eigenvalue weighted by atomic mass is 19.1. The second-order valence-electron chi connectivity index (χ2n) is 4.36. The first-order chi connectivity index (χ1) is 9.06. The third-order valence-corrected chi connectivity index (χ3v) is 3.20. The van der Waals surface area contributed by atoms with Crippen LogP contribution in [0.2, 0.25) is 0 Å². The number of halogens is 2. The van der Waals surface area contributed by atoms with Crippen molar-refractivity contribution in [1.29, 1.82) is 0 Å². The van der Waals surface area contributed by atoms with Gasteiger partial charge in [0.2, 0.25) is 0 Å². The lowest BCUT2D eigenvalue weighted by Crippen LogP contribution is -2.30. The molecule has 1 aliphatic rings. The zero-order valence-electron chi connectivity index (χ0n) is 10.5. The van der Waals surface area contributed by atoms with Gasteiger partial charge in [0, 0.05) is 25.8 Å². The van der Waals surface area contributed by atoms with Crippen molar-refractivity contribution in [3.8, 4) is 0 Å². The molecule has 0 saturated carbocycles. The van der Waals surface area contributed by atoms with Gasteiger partial charge in [-0.25, -0.2) is 8.78 Å². The Morgan fingerprint density at radius 2 is 2.11 bits per heavy atom. The summed E-state index contributed by atoms with van der Waals surface area (Å²) in [4.78, 5) is 13.6. The molecule has 0 aliphatic carbocycles. The Hall–Kier alpha value is -1.73. The highest BCUT2D eigenvalue weighted by Gasteiger charge is 2.27. The van der Waals surface area contributed by atoms with Crippen LogP contribution in [-0.2, 0) is 4.74 Å². The summed E-state index contributed by atoms with van der Waals surface area (Å²) in [5.74, 6) is 2.79. The molecule has 0 bridgehead atoms. The SMILES string of the molecule is COC1CCN(C(=O)c2cc(F)c(NN)c(F)c2)C1. The van der Waals surface area contributed by atoms with E-state index in [1.54, 1.807) is 7.11 Å². The maximum absolute atomic E-state index is 13.5. The summed E-state index contributed by atoms with van der Waals surface area (Å²) in [6.45, 7) is 0.937. The summed E-state index contributed by atoms with van der Waals surface area (Å²) in [5.41, 5.74) is 1.43. The van der Waals surface area contributed by atoms with Crippen molar-refractivity contribution in [1.82, 2.24) is 4.90 Å². The van der Waals surface area contributed by atoms with Crippen molar-refractivity contribution in [2.75, 3.05) is 25.6 Å². The number of benzene rings is 1. The molecular weight excluding hydrogens is 256 g/mol. The highest BCUT2D eigenvalue weighted by molar-refractivity contribution is 5.94. The van der Waals surface area contributed by atoms with Crippen LogP contribution in [0.1, 0.15) is 16.8 Å². The monoisotopic (exact) mass is 271 g/mol. The minimum absolute atomic E-state index is 0.0244. The van der Waals surface area contributed by atoms with E-state index in [-0.39, 0.29) is 11.7 Å². The second-order valence-corrected chi connectivity index (χ2v) is 4.36. The number of nitrogens with one attached hydrogen (secondary N) is 1. The molecule has 5 nitrogen and oxygen atoms in total. The summed E-state index contributed by atoms with van der Waals surface area (Å²) in [7, 11) is 1.57. The Labute approximate surface area is 109 Å². The first-order valence-electron chi connectivity index (χ1n) is 5.84. The predicted octanol–water partition coefficient (Wildman–Crippen LogP) is 1.11. The smallest absolute Gasteiger partial charge is 0.254 e. The van der Waals surface area contributed by atoms with Gasteiger partial charge in [-0.05, 0) is 18.6 Å². The number of hydrazine groups is 1. The molecule has 1 amide bonds. The van der Waals surface area contributed by atoms with E-state index < -0.39 is 23.2 Å². The lowest BCUT2D eigenvalue weighted by atomic mass is 10.1. The molecule has 0 spiro atoms. The number of hydrogen-bond donors (Lipinski definition) is 2. The molecule has 1 fully saturated rings. The van der Waals surface area contributed by atoms with Gasteiger partial charge in [-0.2, -0.15) is 0 Å². The van der Waals surface area contributed by atoms with Crippen LogP contribution in [0.5, 0.6) is 0 Å². The van der Waals surface area contributed by atoms with Crippen molar-refractivity contribution in [3.63, 3.8) is 0 Å². The van der Waals surface area contributed by atoms with Gasteiger partial charge in [-0.1, -0.05) is 0 Å². The Morgan fingerprint density at radius 3 is 2.58 bits per heavy atom. The van der Waals surface area contributed by atoms with E-state index in [9.17, 15) is 13.6 Å². The second kappa shape index (κ2) is 5.50. The molecule has 104 valence electrons. The van der Waals surface area contributed by atoms with Gasteiger partial charge in [0.1, 0.15) is 5.69 Å². The number of amides is 1. The normalized spacial score (nSPS) is 18.7. The van der Waals surface area contributed by atoms with Crippen LogP contribution in [0.4, 0.5) is 14.5 Å². The number of nitrogens with two attached hydrogens (primary N) is 1. The van der Waals surface area contributed by atoms with Crippen LogP contribution >= 0.6 is 0 Å². The fourth-order valence-corrected chi connectivity index (χ4v) is 2.12. The number of anilines is 1. The van der Waals surface area contributed by atoms with Crippen LogP contribution in [0.3, 0.4) is 0 Å². The average molecular weight is 271 g/mol. The summed E-state index contributed by atoms with van der Waals surface area (Å²) in [5, 5.41) is 0. The van der Waals surface area contributed by atoms with Gasteiger partial charge < -0.3 is 15.1 Å². The molecule has 19 heavy (non-hydrogen) atoms. The van der Waals surface area contributed by atoms with Crippen LogP contribution in [0.25, 0.3) is 0 Å². The third-order valence-electron chi connectivity index (χ3n) is 3.20. The van der Waals surface area contributed by atoms with Gasteiger partial charge in [0.25, 0.3) is 5.91 Å². The van der Waals surface area contributed by atoms with E-state index in [2.05, 4.69) is 0 Å². The maximum Gasteiger partial charge on any atom is 0.254 e. The molecule has 0 aromatic heterocycles.